The molecule has 36 heavy (non-hydrogen) atoms. The quantitative estimate of drug-likeness (QED) is 0.169. The van der Waals surface area contributed by atoms with Crippen LogP contribution in [-0.4, -0.2) is 33.8 Å². The number of aryl methyl sites for hydroxylation is 2. The first kappa shape index (κ1) is 25.9. The Balaban J connectivity index is 1.71. The zero-order chi connectivity index (χ0) is 25.7. The second kappa shape index (κ2) is 11.7. The molecule has 1 N–H and O–H groups in total. The number of thioether (sulfide) groups is 1. The van der Waals surface area contributed by atoms with Crippen LogP contribution in [-0.2, 0) is 22.5 Å². The molecule has 1 amide bonds. The van der Waals surface area contributed by atoms with E-state index in [1.165, 1.54) is 0 Å². The van der Waals surface area contributed by atoms with Gasteiger partial charge in [-0.15, -0.1) is 11.3 Å². The summed E-state index contributed by atoms with van der Waals surface area (Å²) in [6.07, 6.45) is 0.617. The maximum atomic E-state index is 13.7. The number of hydrogen-bond acceptors (Lipinski definition) is 7. The van der Waals surface area contributed by atoms with Crippen LogP contribution in [0.15, 0.2) is 64.5 Å². The molecule has 4 rings (SSSR count). The third kappa shape index (κ3) is 5.98. The van der Waals surface area contributed by atoms with Crippen molar-refractivity contribution in [1.82, 2.24) is 9.55 Å². The van der Waals surface area contributed by atoms with E-state index in [0.29, 0.717) is 49.5 Å². The van der Waals surface area contributed by atoms with Gasteiger partial charge in [0.25, 0.3) is 11.5 Å². The molecule has 2 aromatic heterocycles. The molecule has 0 radical (unpaired) electrons. The Bertz CT molecular complexity index is 1470. The fourth-order valence-electron chi connectivity index (χ4n) is 3.69. The maximum Gasteiger partial charge on any atom is 0.316 e. The van der Waals surface area contributed by atoms with Crippen molar-refractivity contribution in [2.75, 3.05) is 17.7 Å². The van der Waals surface area contributed by atoms with Crippen molar-refractivity contribution in [3.63, 3.8) is 0 Å². The second-order valence-corrected chi connectivity index (χ2v) is 10.3. The number of carbonyl (C=O) groups excluding carboxylic acids is 2. The number of carbonyl (C=O) groups is 2. The number of fused-ring (bicyclic) bond motifs is 1. The van der Waals surface area contributed by atoms with Gasteiger partial charge in [0.2, 0.25) is 0 Å². The topological polar surface area (TPSA) is 90.3 Å². The molecule has 4 aromatic rings. The third-order valence-corrected chi connectivity index (χ3v) is 7.76. The molecular formula is C26H24ClN3O4S2. The molecule has 7 nitrogen and oxygen atoms in total. The molecule has 0 aliphatic rings. The number of anilines is 1. The van der Waals surface area contributed by atoms with Crippen molar-refractivity contribution >= 4 is 62.5 Å². The van der Waals surface area contributed by atoms with Crippen molar-refractivity contribution in [1.29, 1.82) is 0 Å². The summed E-state index contributed by atoms with van der Waals surface area (Å²) < 4.78 is 6.62. The molecule has 10 heteroatoms. The SMILES string of the molecule is CCOC(=O)CSc1nc2sc(C(=O)Nc3cccc(Cl)c3)c(C)c2c(=O)n1CCc1ccccc1. The summed E-state index contributed by atoms with van der Waals surface area (Å²) in [5.74, 6) is -0.687. The number of ether oxygens (including phenoxy) is 1. The van der Waals surface area contributed by atoms with Crippen molar-refractivity contribution in [2.24, 2.45) is 0 Å². The van der Waals surface area contributed by atoms with Gasteiger partial charge >= 0.3 is 5.97 Å². The van der Waals surface area contributed by atoms with Crippen LogP contribution < -0.4 is 10.9 Å². The van der Waals surface area contributed by atoms with Gasteiger partial charge in [0.1, 0.15) is 4.83 Å². The van der Waals surface area contributed by atoms with Crippen LogP contribution in [0.1, 0.15) is 27.7 Å². The van der Waals surface area contributed by atoms with E-state index in [4.69, 9.17) is 21.3 Å². The number of hydrogen-bond donors (Lipinski definition) is 1. The lowest BCUT2D eigenvalue weighted by molar-refractivity contribution is -0.139. The van der Waals surface area contributed by atoms with Gasteiger partial charge in [0.15, 0.2) is 5.16 Å². The molecule has 0 spiro atoms. The normalized spacial score (nSPS) is 11.0. The van der Waals surface area contributed by atoms with Gasteiger partial charge in [0.05, 0.1) is 22.6 Å². The number of rotatable bonds is 9. The summed E-state index contributed by atoms with van der Waals surface area (Å²) in [6.45, 7) is 4.16. The molecule has 0 unspecified atom stereocenters. The number of halogens is 1. The molecule has 2 aromatic carbocycles. The van der Waals surface area contributed by atoms with E-state index >= 15 is 0 Å². The minimum atomic E-state index is -0.379. The highest BCUT2D eigenvalue weighted by Gasteiger charge is 2.22. The fraction of sp³-hybridized carbons (Fsp3) is 0.231. The Morgan fingerprint density at radius 1 is 1.17 bits per heavy atom. The molecule has 0 bridgehead atoms. The number of amides is 1. The van der Waals surface area contributed by atoms with Gasteiger partial charge in [-0.3, -0.25) is 19.0 Å². The number of benzene rings is 2. The highest BCUT2D eigenvalue weighted by molar-refractivity contribution is 7.99. The number of thiophene rings is 1. The lowest BCUT2D eigenvalue weighted by atomic mass is 10.1. The average Bonchev–Trinajstić information content (AvgIpc) is 3.19. The summed E-state index contributed by atoms with van der Waals surface area (Å²) in [4.78, 5) is 44.2. The van der Waals surface area contributed by atoms with Crippen LogP contribution in [0.25, 0.3) is 10.2 Å². The first-order valence-corrected chi connectivity index (χ1v) is 13.5. The van der Waals surface area contributed by atoms with Gasteiger partial charge in [-0.1, -0.05) is 59.8 Å². The second-order valence-electron chi connectivity index (χ2n) is 7.88. The molecule has 0 fully saturated rings. The van der Waals surface area contributed by atoms with Crippen molar-refractivity contribution in [3.05, 3.63) is 86.0 Å². The molecular weight excluding hydrogens is 518 g/mol. The number of nitrogens with one attached hydrogen (secondary N) is 1. The largest absolute Gasteiger partial charge is 0.465 e. The van der Waals surface area contributed by atoms with E-state index in [0.717, 1.165) is 28.7 Å². The summed E-state index contributed by atoms with van der Waals surface area (Å²) in [5, 5.41) is 4.16. The minimum Gasteiger partial charge on any atom is -0.465 e. The Labute approximate surface area is 221 Å². The molecule has 0 saturated heterocycles. The van der Waals surface area contributed by atoms with Crippen LogP contribution in [0.2, 0.25) is 5.02 Å². The highest BCUT2D eigenvalue weighted by Crippen LogP contribution is 2.30. The number of aromatic nitrogens is 2. The average molecular weight is 542 g/mol. The number of nitrogens with zero attached hydrogens (tertiary/aromatic N) is 2. The van der Waals surface area contributed by atoms with E-state index in [1.807, 2.05) is 30.3 Å². The van der Waals surface area contributed by atoms with E-state index in [2.05, 4.69) is 5.32 Å². The summed E-state index contributed by atoms with van der Waals surface area (Å²) >= 11 is 8.34. The van der Waals surface area contributed by atoms with Gasteiger partial charge in [-0.05, 0) is 49.6 Å². The van der Waals surface area contributed by atoms with Crippen LogP contribution in [0, 0.1) is 6.92 Å². The zero-order valence-electron chi connectivity index (χ0n) is 19.7. The van der Waals surface area contributed by atoms with E-state index < -0.39 is 0 Å². The van der Waals surface area contributed by atoms with E-state index in [1.54, 1.807) is 42.7 Å². The van der Waals surface area contributed by atoms with Crippen LogP contribution in [0.3, 0.4) is 0 Å². The van der Waals surface area contributed by atoms with Gasteiger partial charge in [-0.2, -0.15) is 0 Å². The van der Waals surface area contributed by atoms with E-state index in [-0.39, 0.29) is 29.8 Å². The Kier molecular flexibility index (Phi) is 8.45. The van der Waals surface area contributed by atoms with Crippen LogP contribution in [0.5, 0.6) is 0 Å². The van der Waals surface area contributed by atoms with Crippen LogP contribution in [0.4, 0.5) is 5.69 Å². The fourth-order valence-corrected chi connectivity index (χ4v) is 5.82. The molecule has 0 aliphatic heterocycles. The Hall–Kier alpha value is -3.14. The molecule has 2 heterocycles. The summed E-state index contributed by atoms with van der Waals surface area (Å²) in [6, 6.07) is 16.7. The lowest BCUT2D eigenvalue weighted by Gasteiger charge is -2.12. The predicted molar refractivity (Wildman–Crippen MR) is 146 cm³/mol. The maximum absolute atomic E-state index is 13.7. The summed E-state index contributed by atoms with van der Waals surface area (Å²) in [7, 11) is 0. The zero-order valence-corrected chi connectivity index (χ0v) is 22.1. The Morgan fingerprint density at radius 3 is 2.67 bits per heavy atom. The number of esters is 1. The first-order chi connectivity index (χ1) is 17.4. The minimum absolute atomic E-state index is 0.0313. The van der Waals surface area contributed by atoms with Gasteiger partial charge in [-0.25, -0.2) is 4.98 Å². The highest BCUT2D eigenvalue weighted by atomic mass is 35.5. The van der Waals surface area contributed by atoms with Crippen LogP contribution >= 0.6 is 34.7 Å². The molecule has 0 aliphatic carbocycles. The van der Waals surface area contributed by atoms with Gasteiger partial charge < -0.3 is 10.1 Å². The Morgan fingerprint density at radius 2 is 1.94 bits per heavy atom. The standard InChI is InChI=1S/C26H24ClN3O4S2/c1-3-34-20(31)15-35-26-29-24-21(25(33)30(26)13-12-17-8-5-4-6-9-17)16(2)22(36-24)23(32)28-19-11-7-10-18(27)14-19/h4-11,14H,3,12-13,15H2,1-2H3,(H,28,32). The summed E-state index contributed by atoms with van der Waals surface area (Å²) in [5.41, 5.74) is 1.97. The predicted octanol–water partition coefficient (Wildman–Crippen LogP) is 5.57. The van der Waals surface area contributed by atoms with Crippen molar-refractivity contribution in [2.45, 2.75) is 32.0 Å². The molecule has 0 saturated carbocycles. The van der Waals surface area contributed by atoms with E-state index in [9.17, 15) is 14.4 Å². The smallest absolute Gasteiger partial charge is 0.316 e. The monoisotopic (exact) mass is 541 g/mol. The third-order valence-electron chi connectivity index (χ3n) is 5.40. The molecule has 0 atom stereocenters. The van der Waals surface area contributed by atoms with Gasteiger partial charge in [0, 0.05) is 17.3 Å². The lowest BCUT2D eigenvalue weighted by Crippen LogP contribution is -2.25. The van der Waals surface area contributed by atoms with Crippen molar-refractivity contribution in [3.8, 4) is 0 Å². The van der Waals surface area contributed by atoms with Crippen molar-refractivity contribution < 1.29 is 14.3 Å². The first-order valence-electron chi connectivity index (χ1n) is 11.3. The molecule has 186 valence electrons.